The number of aromatic nitrogens is 1. The molecule has 2 heterocycles. The predicted octanol–water partition coefficient (Wildman–Crippen LogP) is 3.73. The first-order valence-electron chi connectivity index (χ1n) is 8.26. The summed E-state index contributed by atoms with van der Waals surface area (Å²) >= 11 is 3.48. The van der Waals surface area contributed by atoms with Gasteiger partial charge in [-0.3, -0.25) is 0 Å². The van der Waals surface area contributed by atoms with Crippen molar-refractivity contribution in [1.82, 2.24) is 8.87 Å². The van der Waals surface area contributed by atoms with Crippen molar-refractivity contribution in [1.29, 1.82) is 0 Å². The topological polar surface area (TPSA) is 51.5 Å². The van der Waals surface area contributed by atoms with E-state index < -0.39 is 10.0 Å². The Morgan fingerprint density at radius 3 is 2.62 bits per heavy atom. The molecule has 136 valence electrons. The highest BCUT2D eigenvalue weighted by Gasteiger charge is 2.37. The fourth-order valence-electron chi connectivity index (χ4n) is 3.55. The molecule has 0 saturated carbocycles. The van der Waals surface area contributed by atoms with Gasteiger partial charge in [-0.25, -0.2) is 12.4 Å². The number of hydrogen-bond donors (Lipinski definition) is 0. The Morgan fingerprint density at radius 2 is 1.92 bits per heavy atom. The maximum Gasteiger partial charge on any atom is 0.269 e. The van der Waals surface area contributed by atoms with Crippen LogP contribution < -0.4 is 4.74 Å². The first kappa shape index (κ1) is 17.6. The first-order chi connectivity index (χ1) is 12.3. The Balaban J connectivity index is 2.10. The number of methoxy groups -OCH3 is 1. The van der Waals surface area contributed by atoms with Crippen LogP contribution in [0.25, 0.3) is 22.2 Å². The molecule has 5 nitrogen and oxygen atoms in total. The highest BCUT2D eigenvalue weighted by molar-refractivity contribution is 9.10. The summed E-state index contributed by atoms with van der Waals surface area (Å²) < 4.78 is 34.1. The molecule has 0 aliphatic carbocycles. The van der Waals surface area contributed by atoms with E-state index in [1.807, 2.05) is 32.3 Å². The van der Waals surface area contributed by atoms with Crippen LogP contribution in [0.3, 0.4) is 0 Å². The molecule has 2 aromatic carbocycles. The van der Waals surface area contributed by atoms with E-state index in [1.165, 1.54) is 3.97 Å². The highest BCUT2D eigenvalue weighted by Crippen LogP contribution is 2.46. The number of fused-ring (bicyclic) bond motifs is 5. The molecule has 4 rings (SSSR count). The van der Waals surface area contributed by atoms with Crippen LogP contribution in [0.4, 0.5) is 0 Å². The van der Waals surface area contributed by atoms with Crippen LogP contribution in [0.1, 0.15) is 5.56 Å². The maximum absolute atomic E-state index is 13.2. The van der Waals surface area contributed by atoms with Gasteiger partial charge in [0.2, 0.25) is 0 Å². The van der Waals surface area contributed by atoms with Gasteiger partial charge in [-0.2, -0.15) is 0 Å². The molecule has 1 aliphatic heterocycles. The Labute approximate surface area is 161 Å². The van der Waals surface area contributed by atoms with Crippen molar-refractivity contribution in [3.05, 3.63) is 46.4 Å². The van der Waals surface area contributed by atoms with Gasteiger partial charge in [0.1, 0.15) is 5.75 Å². The second-order valence-electron chi connectivity index (χ2n) is 6.67. The Kier molecular flexibility index (Phi) is 4.13. The largest absolute Gasteiger partial charge is 0.497 e. The minimum Gasteiger partial charge on any atom is -0.497 e. The van der Waals surface area contributed by atoms with E-state index in [0.717, 1.165) is 45.4 Å². The average Bonchev–Trinajstić information content (AvgIpc) is 3.03. The first-order valence-corrected chi connectivity index (χ1v) is 10.5. The Bertz CT molecular complexity index is 1130. The summed E-state index contributed by atoms with van der Waals surface area (Å²) in [5.41, 5.74) is 3.25. The molecule has 1 aromatic heterocycles. The quantitative estimate of drug-likeness (QED) is 0.490. The molecule has 3 aromatic rings. The van der Waals surface area contributed by atoms with Crippen molar-refractivity contribution in [2.24, 2.45) is 0 Å². The molecule has 0 fully saturated rings. The average molecular weight is 435 g/mol. The van der Waals surface area contributed by atoms with Crippen LogP contribution in [0.15, 0.2) is 45.8 Å². The van der Waals surface area contributed by atoms with Crippen molar-refractivity contribution in [3.63, 3.8) is 0 Å². The highest BCUT2D eigenvalue weighted by atomic mass is 79.9. The van der Waals surface area contributed by atoms with Crippen molar-refractivity contribution >= 4 is 36.9 Å². The summed E-state index contributed by atoms with van der Waals surface area (Å²) in [6, 6.07) is 10.9. The van der Waals surface area contributed by atoms with Crippen LogP contribution in [-0.4, -0.2) is 45.0 Å². The number of ether oxygens (including phenoxy) is 1. The van der Waals surface area contributed by atoms with Crippen molar-refractivity contribution < 1.29 is 13.2 Å². The van der Waals surface area contributed by atoms with Crippen LogP contribution in [0.2, 0.25) is 0 Å². The fourth-order valence-corrected chi connectivity index (χ4v) is 5.65. The molecule has 0 spiro atoms. The van der Waals surface area contributed by atoms with Crippen molar-refractivity contribution in [3.8, 4) is 17.0 Å². The summed E-state index contributed by atoms with van der Waals surface area (Å²) in [4.78, 5) is 2.46. The van der Waals surface area contributed by atoms with Gasteiger partial charge in [0, 0.05) is 22.0 Å². The van der Waals surface area contributed by atoms with Crippen LogP contribution in [0, 0.1) is 0 Å². The summed E-state index contributed by atoms with van der Waals surface area (Å²) in [5.74, 6) is 0.722. The summed E-state index contributed by atoms with van der Waals surface area (Å²) in [6.07, 6.45) is 0.750. The fraction of sp³-hybridized carbons (Fsp3) is 0.263. The number of rotatable bonds is 4. The molecular weight excluding hydrogens is 416 g/mol. The van der Waals surface area contributed by atoms with Crippen LogP contribution in [0.5, 0.6) is 5.75 Å². The lowest BCUT2D eigenvalue weighted by molar-refractivity contribution is 0.413. The predicted molar refractivity (Wildman–Crippen MR) is 106 cm³/mol. The third-order valence-electron chi connectivity index (χ3n) is 4.76. The minimum absolute atomic E-state index is 0.361. The van der Waals surface area contributed by atoms with E-state index in [0.29, 0.717) is 10.4 Å². The smallest absolute Gasteiger partial charge is 0.269 e. The van der Waals surface area contributed by atoms with Gasteiger partial charge in [0.05, 0.1) is 23.2 Å². The molecule has 7 heteroatoms. The van der Waals surface area contributed by atoms with Gasteiger partial charge in [0.25, 0.3) is 10.0 Å². The molecule has 0 radical (unpaired) electrons. The van der Waals surface area contributed by atoms with Gasteiger partial charge in [-0.1, -0.05) is 15.9 Å². The summed E-state index contributed by atoms with van der Waals surface area (Å²) in [7, 11) is 2.04. The van der Waals surface area contributed by atoms with Crippen molar-refractivity contribution in [2.75, 3.05) is 27.7 Å². The molecule has 26 heavy (non-hydrogen) atoms. The molecule has 0 N–H and O–H groups in total. The molecule has 0 bridgehead atoms. The molecule has 0 saturated heterocycles. The van der Waals surface area contributed by atoms with Gasteiger partial charge >= 0.3 is 0 Å². The van der Waals surface area contributed by atoms with E-state index in [-0.39, 0.29) is 0 Å². The van der Waals surface area contributed by atoms with Crippen molar-refractivity contribution in [2.45, 2.75) is 11.3 Å². The van der Waals surface area contributed by atoms with Crippen LogP contribution >= 0.6 is 15.9 Å². The zero-order valence-electron chi connectivity index (χ0n) is 14.8. The van der Waals surface area contributed by atoms with E-state index in [4.69, 9.17) is 4.74 Å². The number of likely N-dealkylation sites (N-methyl/N-ethyl adjacent to an activating group) is 1. The standard InChI is InChI=1S/C19H19BrN2O3S/c1-21(2)9-8-14-15-11-13(25-3)5-6-17(15)22-19(14)16-10-12(20)4-7-18(16)26(22,23)24/h4-7,10-11H,8-9H2,1-3H3. The number of hydrogen-bond acceptors (Lipinski definition) is 4. The maximum atomic E-state index is 13.2. The van der Waals surface area contributed by atoms with Crippen LogP contribution in [-0.2, 0) is 16.4 Å². The van der Waals surface area contributed by atoms with E-state index in [2.05, 4.69) is 20.8 Å². The van der Waals surface area contributed by atoms with E-state index in [9.17, 15) is 8.42 Å². The lowest BCUT2D eigenvalue weighted by Gasteiger charge is -2.10. The number of benzene rings is 2. The van der Waals surface area contributed by atoms with E-state index in [1.54, 1.807) is 25.3 Å². The lowest BCUT2D eigenvalue weighted by atomic mass is 10.0. The molecule has 0 atom stereocenters. The second-order valence-corrected chi connectivity index (χ2v) is 9.34. The third kappa shape index (κ3) is 2.49. The van der Waals surface area contributed by atoms with Gasteiger partial charge in [-0.15, -0.1) is 0 Å². The molecule has 0 amide bonds. The molecular formula is C19H19BrN2O3S. The zero-order chi connectivity index (χ0) is 18.6. The molecule has 0 unspecified atom stereocenters. The SMILES string of the molecule is COc1ccc2c(c1)c(CCN(C)C)c1n2S(=O)(=O)c2ccc(Br)cc2-1. The minimum atomic E-state index is -3.60. The normalized spacial score (nSPS) is 14.7. The number of halogens is 1. The molecule has 1 aliphatic rings. The monoisotopic (exact) mass is 434 g/mol. The Morgan fingerprint density at radius 1 is 1.15 bits per heavy atom. The number of nitrogens with zero attached hydrogens (tertiary/aromatic N) is 2. The summed E-state index contributed by atoms with van der Waals surface area (Å²) in [5, 5.41) is 0.926. The van der Waals surface area contributed by atoms with Gasteiger partial charge in [-0.05, 0) is 62.5 Å². The second kappa shape index (κ2) is 6.11. The van der Waals surface area contributed by atoms with E-state index >= 15 is 0 Å². The zero-order valence-corrected chi connectivity index (χ0v) is 17.2. The lowest BCUT2D eigenvalue weighted by Crippen LogP contribution is -2.15. The summed E-state index contributed by atoms with van der Waals surface area (Å²) in [6.45, 7) is 0.826. The third-order valence-corrected chi connectivity index (χ3v) is 7.03. The van der Waals surface area contributed by atoms with Gasteiger partial charge < -0.3 is 9.64 Å². The Hall–Kier alpha value is -1.83. The van der Waals surface area contributed by atoms with Gasteiger partial charge in [0.15, 0.2) is 0 Å².